The van der Waals surface area contributed by atoms with Crippen molar-refractivity contribution in [3.8, 4) is 0 Å². The van der Waals surface area contributed by atoms with Gasteiger partial charge >= 0.3 is 37.4 Å². The van der Waals surface area contributed by atoms with Crippen LogP contribution in [0.1, 0.15) is 98.2 Å². The summed E-state index contributed by atoms with van der Waals surface area (Å²) in [6.07, 6.45) is 17.8. The number of phosphoric acid groups is 1. The Morgan fingerprint density at radius 1 is 0.727 bits per heavy atom. The molecule has 0 saturated carbocycles. The van der Waals surface area contributed by atoms with Crippen molar-refractivity contribution in [2.45, 2.75) is 96.8 Å². The van der Waals surface area contributed by atoms with Crippen molar-refractivity contribution in [1.29, 1.82) is 0 Å². The fraction of sp³-hybridized carbons (Fsp3) is 1.00. The van der Waals surface area contributed by atoms with Crippen LogP contribution in [0.25, 0.3) is 0 Å². The Balaban J connectivity index is -0.00000200. The molecule has 0 amide bonds. The van der Waals surface area contributed by atoms with Gasteiger partial charge in [-0.15, -0.1) is 0 Å². The molecule has 0 aromatic rings. The van der Waals surface area contributed by atoms with Gasteiger partial charge in [0.1, 0.15) is 0 Å². The van der Waals surface area contributed by atoms with Crippen molar-refractivity contribution in [3.63, 3.8) is 0 Å². The second-order valence-corrected chi connectivity index (χ2v) is 7.16. The first kappa shape index (κ1) is 25.4. The number of hydrogen-bond acceptors (Lipinski definition) is 2. The van der Waals surface area contributed by atoms with Crippen LogP contribution in [0.5, 0.6) is 0 Å². The summed E-state index contributed by atoms with van der Waals surface area (Å²) >= 11 is 0. The zero-order valence-corrected chi connectivity index (χ0v) is 17.7. The van der Waals surface area contributed by atoms with Crippen LogP contribution in [0.2, 0.25) is 0 Å². The number of unbranched alkanes of at least 4 members (excludes halogenated alkanes) is 13. The van der Waals surface area contributed by atoms with Crippen molar-refractivity contribution in [2.75, 3.05) is 6.61 Å². The van der Waals surface area contributed by atoms with Crippen molar-refractivity contribution >= 4 is 7.82 Å². The molecule has 0 aromatic heterocycles. The maximum absolute atomic E-state index is 10.4. The molecule has 0 aliphatic heterocycles. The van der Waals surface area contributed by atoms with Crippen molar-refractivity contribution in [2.24, 2.45) is 0 Å². The van der Waals surface area contributed by atoms with Crippen LogP contribution in [-0.4, -0.2) is 16.4 Å². The average Bonchev–Trinajstić information content (AvgIpc) is 2.42. The second-order valence-electron chi connectivity index (χ2n) is 5.92. The van der Waals surface area contributed by atoms with Gasteiger partial charge in [-0.1, -0.05) is 90.4 Å². The fourth-order valence-electron chi connectivity index (χ4n) is 2.48. The van der Waals surface area contributed by atoms with Crippen LogP contribution in [0.3, 0.4) is 0 Å². The molecule has 0 heterocycles. The van der Waals surface area contributed by atoms with Gasteiger partial charge in [0.25, 0.3) is 0 Å². The molecule has 6 heteroatoms. The molecule has 0 aromatic carbocycles. The molecule has 0 aliphatic rings. The molecule has 22 heavy (non-hydrogen) atoms. The van der Waals surface area contributed by atoms with E-state index in [9.17, 15) is 4.57 Å². The topological polar surface area (TPSA) is 66.8 Å². The minimum absolute atomic E-state index is 0. The number of rotatable bonds is 16. The zero-order valence-electron chi connectivity index (χ0n) is 15.8. The van der Waals surface area contributed by atoms with E-state index in [2.05, 4.69) is 11.4 Å². The zero-order chi connectivity index (χ0) is 15.8. The Bertz CT molecular complexity index is 264. The minimum atomic E-state index is -4.25. The number of phosphoric ester groups is 1. The molecule has 0 bridgehead atoms. The van der Waals surface area contributed by atoms with Gasteiger partial charge < -0.3 is 11.2 Å². The summed E-state index contributed by atoms with van der Waals surface area (Å²) in [5.41, 5.74) is 0. The van der Waals surface area contributed by atoms with E-state index in [0.29, 0.717) is 0 Å². The quantitative estimate of drug-likeness (QED) is 0.256. The largest absolute Gasteiger partial charge is 1.00 e. The van der Waals surface area contributed by atoms with Crippen LogP contribution in [0.4, 0.5) is 0 Å². The predicted molar refractivity (Wildman–Crippen MR) is 89.4 cm³/mol. The summed E-state index contributed by atoms with van der Waals surface area (Å²) < 4.78 is 14.8. The summed E-state index contributed by atoms with van der Waals surface area (Å²) in [5, 5.41) is 0. The first-order chi connectivity index (χ1) is 10.1. The molecule has 0 fully saturated rings. The third-order valence-electron chi connectivity index (χ3n) is 3.76. The van der Waals surface area contributed by atoms with E-state index in [4.69, 9.17) is 9.79 Å². The maximum Gasteiger partial charge on any atom is 1.00 e. The molecular formula is C16H36NaO4P. The van der Waals surface area contributed by atoms with E-state index >= 15 is 0 Å². The minimum Gasteiger partial charge on any atom is -1.00 e. The standard InChI is InChI=1S/C16H35O4P.Na.H/c1-2-3-4-5-6-7-8-9-10-11-12-13-14-15-16-20-21(17,18)19;;/h2-16H2,1H3,(H2,17,18,19);;/q;+1;-1. The van der Waals surface area contributed by atoms with Gasteiger partial charge in [-0.25, -0.2) is 4.57 Å². The molecule has 0 radical (unpaired) electrons. The SMILES string of the molecule is CCCCCCCCCCCCCCCCOP(=O)(O)O.[H-].[Na+]. The Labute approximate surface area is 160 Å². The van der Waals surface area contributed by atoms with Crippen LogP contribution in [-0.2, 0) is 9.09 Å². The molecule has 0 unspecified atom stereocenters. The summed E-state index contributed by atoms with van der Waals surface area (Å²) in [5.74, 6) is 0. The summed E-state index contributed by atoms with van der Waals surface area (Å²) in [6.45, 7) is 2.42. The van der Waals surface area contributed by atoms with Gasteiger partial charge in [0.05, 0.1) is 6.61 Å². The molecule has 0 atom stereocenters. The summed E-state index contributed by atoms with van der Waals surface area (Å²) in [7, 11) is -4.25. The first-order valence-electron chi connectivity index (χ1n) is 8.76. The van der Waals surface area contributed by atoms with E-state index < -0.39 is 7.82 Å². The molecule has 4 nitrogen and oxygen atoms in total. The molecule has 130 valence electrons. The van der Waals surface area contributed by atoms with Crippen LogP contribution in [0.15, 0.2) is 0 Å². The van der Waals surface area contributed by atoms with Gasteiger partial charge in [0, 0.05) is 0 Å². The van der Waals surface area contributed by atoms with E-state index in [0.717, 1.165) is 19.3 Å². The Morgan fingerprint density at radius 3 is 1.36 bits per heavy atom. The summed E-state index contributed by atoms with van der Waals surface area (Å²) in [4.78, 5) is 17.0. The van der Waals surface area contributed by atoms with Crippen LogP contribution < -0.4 is 29.6 Å². The van der Waals surface area contributed by atoms with Gasteiger partial charge in [-0.3, -0.25) is 4.52 Å². The Hall–Kier alpha value is 1.11. The first-order valence-corrected chi connectivity index (χ1v) is 10.3. The van der Waals surface area contributed by atoms with Crippen LogP contribution in [0, 0.1) is 0 Å². The monoisotopic (exact) mass is 346 g/mol. The third kappa shape index (κ3) is 23.4. The molecule has 0 spiro atoms. The van der Waals surface area contributed by atoms with Crippen LogP contribution >= 0.6 is 7.82 Å². The Morgan fingerprint density at radius 2 is 1.05 bits per heavy atom. The third-order valence-corrected chi connectivity index (χ3v) is 4.28. The van der Waals surface area contributed by atoms with Crippen molar-refractivity contribution in [3.05, 3.63) is 0 Å². The average molecular weight is 346 g/mol. The summed E-state index contributed by atoms with van der Waals surface area (Å²) in [6, 6.07) is 0. The predicted octanol–water partition coefficient (Wildman–Crippen LogP) is 2.69. The Kier molecular flexibility index (Phi) is 21.3. The fourth-order valence-corrected chi connectivity index (χ4v) is 2.85. The van der Waals surface area contributed by atoms with Gasteiger partial charge in [0.2, 0.25) is 0 Å². The van der Waals surface area contributed by atoms with Crippen molar-refractivity contribution in [1.82, 2.24) is 0 Å². The second kappa shape index (κ2) is 18.4. The maximum atomic E-state index is 10.4. The van der Waals surface area contributed by atoms with E-state index in [1.807, 2.05) is 0 Å². The molecular weight excluding hydrogens is 310 g/mol. The smallest absolute Gasteiger partial charge is 1.00 e. The molecule has 0 aliphatic carbocycles. The molecule has 0 rings (SSSR count). The van der Waals surface area contributed by atoms with E-state index in [1.54, 1.807) is 0 Å². The molecule has 0 saturated heterocycles. The van der Waals surface area contributed by atoms with Gasteiger partial charge in [0.15, 0.2) is 0 Å². The van der Waals surface area contributed by atoms with E-state index in [1.165, 1.54) is 70.6 Å². The molecule has 2 N–H and O–H groups in total. The normalized spacial score (nSPS) is 11.4. The van der Waals surface area contributed by atoms with Gasteiger partial charge in [-0.2, -0.15) is 0 Å². The van der Waals surface area contributed by atoms with E-state index in [-0.39, 0.29) is 37.6 Å². The van der Waals surface area contributed by atoms with Gasteiger partial charge in [-0.05, 0) is 6.42 Å². The number of hydrogen-bond donors (Lipinski definition) is 2. The van der Waals surface area contributed by atoms with Crippen molar-refractivity contribution < 1.29 is 49.9 Å².